The lowest BCUT2D eigenvalue weighted by atomic mass is 10.1. The van der Waals surface area contributed by atoms with Gasteiger partial charge in [0.15, 0.2) is 11.6 Å². The third-order valence-electron chi connectivity index (χ3n) is 5.18. The van der Waals surface area contributed by atoms with Crippen molar-refractivity contribution in [3.05, 3.63) is 109 Å². The molecule has 0 saturated carbocycles. The molecule has 0 radical (unpaired) electrons. The first-order valence-electron chi connectivity index (χ1n) is 10.3. The lowest BCUT2D eigenvalue weighted by Gasteiger charge is -2.11. The summed E-state index contributed by atoms with van der Waals surface area (Å²) in [4.78, 5) is 25.7. The summed E-state index contributed by atoms with van der Waals surface area (Å²) in [5.74, 6) is -1.11. The minimum Gasteiger partial charge on any atom is -0.292 e. The highest BCUT2D eigenvalue weighted by Crippen LogP contribution is 2.20. The Kier molecular flexibility index (Phi) is 6.36. The van der Waals surface area contributed by atoms with E-state index in [0.29, 0.717) is 0 Å². The lowest BCUT2D eigenvalue weighted by Crippen LogP contribution is -2.20. The predicted molar refractivity (Wildman–Crippen MR) is 125 cm³/mol. The summed E-state index contributed by atoms with van der Waals surface area (Å²) in [6, 6.07) is 21.0. The molecule has 2 heterocycles. The maximum Gasteiger partial charge on any atom is 0.268 e. The van der Waals surface area contributed by atoms with E-state index in [2.05, 4.69) is 0 Å². The molecule has 0 fully saturated rings. The SMILES string of the molecule is O=C(CCC(=O)c1cccn1S(=O)(=O)c1ccccc1)c1cccn1S(=O)(=O)c1ccccc1. The number of hydrogen-bond acceptors (Lipinski definition) is 6. The zero-order chi connectivity index (χ0) is 24.3. The Hall–Kier alpha value is -3.76. The fourth-order valence-corrected chi connectivity index (χ4v) is 6.24. The van der Waals surface area contributed by atoms with Gasteiger partial charge < -0.3 is 0 Å². The van der Waals surface area contributed by atoms with Gasteiger partial charge in [-0.1, -0.05) is 36.4 Å². The molecule has 0 aliphatic carbocycles. The standard InChI is InChI=1S/C24H20N2O6S2/c27-23(21-13-7-17-25(21)33(29,30)19-9-3-1-4-10-19)15-16-24(28)22-14-8-18-26(22)34(31,32)20-11-5-2-6-12-20/h1-14,17-18H,15-16H2. The zero-order valence-corrected chi connectivity index (χ0v) is 19.4. The summed E-state index contributed by atoms with van der Waals surface area (Å²) in [5.41, 5.74) is -0.159. The number of hydrogen-bond donors (Lipinski definition) is 0. The van der Waals surface area contributed by atoms with E-state index in [1.54, 1.807) is 36.4 Å². The molecule has 0 aliphatic rings. The van der Waals surface area contributed by atoms with Crippen LogP contribution in [0.3, 0.4) is 0 Å². The van der Waals surface area contributed by atoms with Crippen molar-refractivity contribution in [2.24, 2.45) is 0 Å². The molecule has 0 bridgehead atoms. The average molecular weight is 497 g/mol. The van der Waals surface area contributed by atoms with Crippen molar-refractivity contribution in [3.8, 4) is 0 Å². The first-order valence-corrected chi connectivity index (χ1v) is 13.1. The molecule has 0 spiro atoms. The highest BCUT2D eigenvalue weighted by molar-refractivity contribution is 7.90. The van der Waals surface area contributed by atoms with Crippen LogP contribution in [-0.4, -0.2) is 36.3 Å². The fraction of sp³-hybridized carbons (Fsp3) is 0.0833. The van der Waals surface area contributed by atoms with Crippen LogP contribution in [0.25, 0.3) is 0 Å². The number of benzene rings is 2. The molecule has 2 aromatic heterocycles. The predicted octanol–water partition coefficient (Wildman–Crippen LogP) is 3.61. The van der Waals surface area contributed by atoms with Gasteiger partial charge >= 0.3 is 0 Å². The van der Waals surface area contributed by atoms with Crippen LogP contribution in [0.4, 0.5) is 0 Å². The van der Waals surface area contributed by atoms with Crippen LogP contribution in [0.5, 0.6) is 0 Å². The molecule has 34 heavy (non-hydrogen) atoms. The van der Waals surface area contributed by atoms with Gasteiger partial charge in [0.05, 0.1) is 21.2 Å². The van der Waals surface area contributed by atoms with E-state index in [-0.39, 0.29) is 34.0 Å². The van der Waals surface area contributed by atoms with Gasteiger partial charge in [0.1, 0.15) is 0 Å². The Morgan fingerprint density at radius 2 is 0.882 bits per heavy atom. The summed E-state index contributed by atoms with van der Waals surface area (Å²) >= 11 is 0. The Labute approximate surface area is 197 Å². The minimum atomic E-state index is -3.98. The quantitative estimate of drug-likeness (QED) is 0.327. The smallest absolute Gasteiger partial charge is 0.268 e. The largest absolute Gasteiger partial charge is 0.292 e. The van der Waals surface area contributed by atoms with Crippen LogP contribution in [0.1, 0.15) is 33.8 Å². The van der Waals surface area contributed by atoms with Crippen molar-refractivity contribution in [2.45, 2.75) is 22.6 Å². The van der Waals surface area contributed by atoms with Gasteiger partial charge in [-0.2, -0.15) is 0 Å². The van der Waals surface area contributed by atoms with Gasteiger partial charge in [-0.25, -0.2) is 24.8 Å². The van der Waals surface area contributed by atoms with Crippen LogP contribution < -0.4 is 0 Å². The molecule has 0 aliphatic heterocycles. The maximum atomic E-state index is 12.9. The lowest BCUT2D eigenvalue weighted by molar-refractivity contribution is 0.0911. The van der Waals surface area contributed by atoms with Gasteiger partial charge in [0, 0.05) is 25.2 Å². The van der Waals surface area contributed by atoms with E-state index in [1.165, 1.54) is 60.9 Å². The van der Waals surface area contributed by atoms with Crippen molar-refractivity contribution >= 4 is 31.6 Å². The van der Waals surface area contributed by atoms with Gasteiger partial charge in [-0.05, 0) is 48.5 Å². The first-order chi connectivity index (χ1) is 16.2. The molecule has 8 nitrogen and oxygen atoms in total. The van der Waals surface area contributed by atoms with Crippen molar-refractivity contribution < 1.29 is 26.4 Å². The number of aromatic nitrogens is 2. The van der Waals surface area contributed by atoms with Crippen LogP contribution in [-0.2, 0) is 20.0 Å². The van der Waals surface area contributed by atoms with E-state index >= 15 is 0 Å². The van der Waals surface area contributed by atoms with E-state index in [9.17, 15) is 26.4 Å². The van der Waals surface area contributed by atoms with Gasteiger partial charge in [0.25, 0.3) is 20.0 Å². The molecule has 0 atom stereocenters. The summed E-state index contributed by atoms with van der Waals surface area (Å²) in [7, 11) is -7.96. The van der Waals surface area contributed by atoms with Gasteiger partial charge in [0.2, 0.25) is 0 Å². The molecule has 10 heteroatoms. The number of carbonyl (C=O) groups excluding carboxylic acids is 2. The Morgan fingerprint density at radius 1 is 0.529 bits per heavy atom. The fourth-order valence-electron chi connectivity index (χ4n) is 3.48. The Balaban J connectivity index is 1.53. The summed E-state index contributed by atoms with van der Waals surface area (Å²) in [5, 5.41) is 0. The highest BCUT2D eigenvalue weighted by Gasteiger charge is 2.25. The molecule has 0 amide bonds. The monoisotopic (exact) mass is 496 g/mol. The number of carbonyl (C=O) groups is 2. The summed E-state index contributed by atoms with van der Waals surface area (Å²) < 4.78 is 53.4. The molecule has 0 saturated heterocycles. The maximum absolute atomic E-state index is 12.9. The number of Topliss-reactive ketones (excluding diaryl/α,β-unsaturated/α-hetero) is 2. The van der Waals surface area contributed by atoms with E-state index in [0.717, 1.165) is 7.94 Å². The first kappa shape index (κ1) is 23.4. The van der Waals surface area contributed by atoms with Crippen molar-refractivity contribution in [1.82, 2.24) is 7.94 Å². The van der Waals surface area contributed by atoms with Crippen LogP contribution in [0, 0.1) is 0 Å². The molecular weight excluding hydrogens is 476 g/mol. The summed E-state index contributed by atoms with van der Waals surface area (Å²) in [6.07, 6.45) is 1.97. The second-order valence-corrected chi connectivity index (χ2v) is 11.0. The third kappa shape index (κ3) is 4.37. The second kappa shape index (κ2) is 9.24. The summed E-state index contributed by atoms with van der Waals surface area (Å²) in [6.45, 7) is 0. The van der Waals surface area contributed by atoms with E-state index < -0.39 is 31.6 Å². The average Bonchev–Trinajstić information content (AvgIpc) is 3.54. The molecule has 4 rings (SSSR count). The van der Waals surface area contributed by atoms with Crippen LogP contribution in [0.2, 0.25) is 0 Å². The second-order valence-electron chi connectivity index (χ2n) is 7.36. The third-order valence-corrected chi connectivity index (χ3v) is 8.58. The minimum absolute atomic E-state index is 0.0280. The van der Waals surface area contributed by atoms with Crippen molar-refractivity contribution in [2.75, 3.05) is 0 Å². The highest BCUT2D eigenvalue weighted by atomic mass is 32.2. The van der Waals surface area contributed by atoms with Gasteiger partial charge in [-0.15, -0.1) is 0 Å². The van der Waals surface area contributed by atoms with Crippen LogP contribution in [0.15, 0.2) is 107 Å². The van der Waals surface area contributed by atoms with Crippen molar-refractivity contribution in [3.63, 3.8) is 0 Å². The normalized spacial score (nSPS) is 11.9. The molecule has 0 unspecified atom stereocenters. The topological polar surface area (TPSA) is 112 Å². The molecule has 2 aromatic carbocycles. The van der Waals surface area contributed by atoms with E-state index in [1.807, 2.05) is 0 Å². The van der Waals surface area contributed by atoms with Crippen molar-refractivity contribution in [1.29, 1.82) is 0 Å². The molecule has 4 aromatic rings. The zero-order valence-electron chi connectivity index (χ0n) is 17.8. The molecule has 174 valence electrons. The molecule has 0 N–H and O–H groups in total. The number of ketones is 2. The molecular formula is C24H20N2O6S2. The van der Waals surface area contributed by atoms with E-state index in [4.69, 9.17) is 0 Å². The Bertz CT molecular complexity index is 1430. The van der Waals surface area contributed by atoms with Gasteiger partial charge in [-0.3, -0.25) is 9.59 Å². The number of nitrogens with zero attached hydrogens (tertiary/aromatic N) is 2. The number of rotatable bonds is 9. The van der Waals surface area contributed by atoms with Crippen LogP contribution >= 0.6 is 0 Å². The Morgan fingerprint density at radius 3 is 1.24 bits per heavy atom.